The van der Waals surface area contributed by atoms with Gasteiger partial charge in [0.1, 0.15) is 5.82 Å². The lowest BCUT2D eigenvalue weighted by atomic mass is 10.2. The zero-order chi connectivity index (χ0) is 13.8. The highest BCUT2D eigenvalue weighted by Crippen LogP contribution is 2.25. The van der Waals surface area contributed by atoms with Crippen molar-refractivity contribution in [3.8, 4) is 0 Å². The van der Waals surface area contributed by atoms with E-state index in [2.05, 4.69) is 20.8 Å². The molecule has 0 atom stereocenters. The lowest BCUT2D eigenvalue weighted by molar-refractivity contribution is 0.625. The molecule has 0 fully saturated rings. The largest absolute Gasteiger partial charge is 0.370 e. The molecule has 0 aromatic heterocycles. The van der Waals surface area contributed by atoms with E-state index in [1.807, 2.05) is 31.3 Å². The van der Waals surface area contributed by atoms with Gasteiger partial charge in [-0.05, 0) is 35.4 Å². The Hall–Kier alpha value is -1.06. The molecule has 0 bridgehead atoms. The molecule has 0 saturated carbocycles. The molecule has 0 aliphatic rings. The highest BCUT2D eigenvalue weighted by atomic mass is 79.9. The highest BCUT2D eigenvalue weighted by molar-refractivity contribution is 9.10. The van der Waals surface area contributed by atoms with Crippen molar-refractivity contribution in [1.29, 1.82) is 0 Å². The molecular weight excluding hydrogens is 329 g/mol. The van der Waals surface area contributed by atoms with E-state index in [4.69, 9.17) is 11.6 Å². The predicted molar refractivity (Wildman–Crippen MR) is 82.2 cm³/mol. The van der Waals surface area contributed by atoms with Gasteiger partial charge in [-0.25, -0.2) is 4.39 Å². The standard InChI is InChI=1S/C15H14BrClFN/c1-19(10-11-3-2-4-13(18)7-11)14-6-5-12(9-17)15(16)8-14/h2-8H,9-10H2,1H3. The van der Waals surface area contributed by atoms with Crippen LogP contribution in [0.5, 0.6) is 0 Å². The normalized spacial score (nSPS) is 10.5. The van der Waals surface area contributed by atoms with E-state index in [0.29, 0.717) is 12.4 Å². The topological polar surface area (TPSA) is 3.24 Å². The Balaban J connectivity index is 2.15. The van der Waals surface area contributed by atoms with Crippen molar-refractivity contribution in [2.45, 2.75) is 12.4 Å². The zero-order valence-electron chi connectivity index (χ0n) is 10.5. The number of hydrogen-bond acceptors (Lipinski definition) is 1. The van der Waals surface area contributed by atoms with Gasteiger partial charge in [-0.2, -0.15) is 0 Å². The average molecular weight is 343 g/mol. The summed E-state index contributed by atoms with van der Waals surface area (Å²) >= 11 is 9.33. The van der Waals surface area contributed by atoms with Crippen molar-refractivity contribution in [2.75, 3.05) is 11.9 Å². The molecule has 1 nitrogen and oxygen atoms in total. The molecule has 0 radical (unpaired) electrons. The molecule has 0 amide bonds. The molecule has 2 aromatic rings. The maximum atomic E-state index is 13.1. The second-order valence-corrected chi connectivity index (χ2v) is 5.52. The van der Waals surface area contributed by atoms with Gasteiger partial charge in [0.2, 0.25) is 0 Å². The van der Waals surface area contributed by atoms with Crippen molar-refractivity contribution in [3.05, 3.63) is 63.9 Å². The smallest absolute Gasteiger partial charge is 0.123 e. The van der Waals surface area contributed by atoms with Gasteiger partial charge in [-0.1, -0.05) is 34.1 Å². The van der Waals surface area contributed by atoms with E-state index in [0.717, 1.165) is 21.3 Å². The first-order valence-corrected chi connectivity index (χ1v) is 7.23. The summed E-state index contributed by atoms with van der Waals surface area (Å²) in [6.45, 7) is 0.657. The molecule has 4 heteroatoms. The maximum Gasteiger partial charge on any atom is 0.123 e. The zero-order valence-corrected chi connectivity index (χ0v) is 12.9. The quantitative estimate of drug-likeness (QED) is 0.710. The highest BCUT2D eigenvalue weighted by Gasteiger charge is 2.06. The first kappa shape index (κ1) is 14.4. The molecule has 100 valence electrons. The van der Waals surface area contributed by atoms with Gasteiger partial charge in [0.25, 0.3) is 0 Å². The second-order valence-electron chi connectivity index (χ2n) is 4.40. The minimum absolute atomic E-state index is 0.204. The molecule has 0 aliphatic heterocycles. The lowest BCUT2D eigenvalue weighted by Gasteiger charge is -2.20. The summed E-state index contributed by atoms with van der Waals surface area (Å²) < 4.78 is 14.1. The Morgan fingerprint density at radius 2 is 2.00 bits per heavy atom. The number of anilines is 1. The fraction of sp³-hybridized carbons (Fsp3) is 0.200. The fourth-order valence-electron chi connectivity index (χ4n) is 1.88. The van der Waals surface area contributed by atoms with E-state index < -0.39 is 0 Å². The molecule has 2 rings (SSSR count). The number of rotatable bonds is 4. The van der Waals surface area contributed by atoms with Crippen LogP contribution in [0, 0.1) is 5.82 Å². The van der Waals surface area contributed by atoms with Crippen LogP contribution in [-0.2, 0) is 12.4 Å². The van der Waals surface area contributed by atoms with Gasteiger partial charge in [-0.15, -0.1) is 11.6 Å². The molecule has 0 N–H and O–H groups in total. The number of nitrogens with zero attached hydrogens (tertiary/aromatic N) is 1. The van der Waals surface area contributed by atoms with E-state index in [1.54, 1.807) is 12.1 Å². The van der Waals surface area contributed by atoms with Crippen LogP contribution in [0.3, 0.4) is 0 Å². The summed E-state index contributed by atoms with van der Waals surface area (Å²) in [6, 6.07) is 12.7. The Morgan fingerprint density at radius 1 is 1.21 bits per heavy atom. The molecule has 0 spiro atoms. The summed E-state index contributed by atoms with van der Waals surface area (Å²) in [5, 5.41) is 0. The van der Waals surface area contributed by atoms with E-state index in [1.165, 1.54) is 6.07 Å². The number of benzene rings is 2. The first-order chi connectivity index (χ1) is 9.10. The van der Waals surface area contributed by atoms with Crippen LogP contribution in [0.25, 0.3) is 0 Å². The fourth-order valence-corrected chi connectivity index (χ4v) is 2.78. The van der Waals surface area contributed by atoms with E-state index >= 15 is 0 Å². The Kier molecular flexibility index (Phi) is 4.83. The molecule has 0 saturated heterocycles. The summed E-state index contributed by atoms with van der Waals surface area (Å²) in [5.74, 6) is 0.277. The van der Waals surface area contributed by atoms with Gasteiger partial charge >= 0.3 is 0 Å². The summed E-state index contributed by atoms with van der Waals surface area (Å²) in [4.78, 5) is 2.07. The van der Waals surface area contributed by atoms with E-state index in [-0.39, 0.29) is 5.82 Å². The number of alkyl halides is 1. The van der Waals surface area contributed by atoms with Crippen LogP contribution >= 0.6 is 27.5 Å². The van der Waals surface area contributed by atoms with Gasteiger partial charge < -0.3 is 4.90 Å². The maximum absolute atomic E-state index is 13.1. The van der Waals surface area contributed by atoms with Gasteiger partial charge in [0.15, 0.2) is 0 Å². The monoisotopic (exact) mass is 341 g/mol. The number of hydrogen-bond donors (Lipinski definition) is 0. The summed E-state index contributed by atoms with van der Waals surface area (Å²) in [5.41, 5.74) is 3.06. The molecule has 19 heavy (non-hydrogen) atoms. The third kappa shape index (κ3) is 3.71. The SMILES string of the molecule is CN(Cc1cccc(F)c1)c1ccc(CCl)c(Br)c1. The molecule has 0 unspecified atom stereocenters. The van der Waals surface area contributed by atoms with Crippen LogP contribution in [0.15, 0.2) is 46.9 Å². The van der Waals surface area contributed by atoms with Crippen molar-refractivity contribution < 1.29 is 4.39 Å². The Morgan fingerprint density at radius 3 is 2.63 bits per heavy atom. The molecular formula is C15H14BrClFN. The molecule has 0 heterocycles. The predicted octanol–water partition coefficient (Wildman–Crippen LogP) is 4.96. The second kappa shape index (κ2) is 6.40. The Labute approximate surface area is 126 Å². The molecule has 2 aromatic carbocycles. The summed E-state index contributed by atoms with van der Waals surface area (Å²) in [6.07, 6.45) is 0. The van der Waals surface area contributed by atoms with Crippen LogP contribution < -0.4 is 4.90 Å². The van der Waals surface area contributed by atoms with E-state index in [9.17, 15) is 4.39 Å². The minimum Gasteiger partial charge on any atom is -0.370 e. The van der Waals surface area contributed by atoms with Crippen LogP contribution in [0.1, 0.15) is 11.1 Å². The van der Waals surface area contributed by atoms with Gasteiger partial charge in [0, 0.05) is 29.6 Å². The lowest BCUT2D eigenvalue weighted by Crippen LogP contribution is -2.16. The third-order valence-corrected chi connectivity index (χ3v) is 3.96. The summed E-state index contributed by atoms with van der Waals surface area (Å²) in [7, 11) is 1.98. The van der Waals surface area contributed by atoms with Crippen LogP contribution in [-0.4, -0.2) is 7.05 Å². The van der Waals surface area contributed by atoms with Gasteiger partial charge in [0.05, 0.1) is 0 Å². The first-order valence-electron chi connectivity index (χ1n) is 5.90. The number of halogens is 3. The third-order valence-electron chi connectivity index (χ3n) is 2.93. The van der Waals surface area contributed by atoms with Gasteiger partial charge in [-0.3, -0.25) is 0 Å². The average Bonchev–Trinajstić information content (AvgIpc) is 2.38. The van der Waals surface area contributed by atoms with Crippen molar-refractivity contribution in [3.63, 3.8) is 0 Å². The van der Waals surface area contributed by atoms with Crippen molar-refractivity contribution in [1.82, 2.24) is 0 Å². The van der Waals surface area contributed by atoms with Crippen molar-refractivity contribution in [2.24, 2.45) is 0 Å². The van der Waals surface area contributed by atoms with Crippen LogP contribution in [0.2, 0.25) is 0 Å². The van der Waals surface area contributed by atoms with Crippen molar-refractivity contribution >= 4 is 33.2 Å². The minimum atomic E-state index is -0.204. The van der Waals surface area contributed by atoms with Crippen LogP contribution in [0.4, 0.5) is 10.1 Å². The molecule has 0 aliphatic carbocycles. The Bertz CT molecular complexity index is 574.